The minimum Gasteiger partial charge on any atom is -0.354 e. The molecule has 0 heterocycles. The van der Waals surface area contributed by atoms with Crippen molar-refractivity contribution in [3.8, 4) is 0 Å². The smallest absolute Gasteiger partial charge is 0.221 e. The van der Waals surface area contributed by atoms with E-state index in [-0.39, 0.29) is 22.6 Å². The molecule has 8 nitrogen and oxygen atoms in total. The van der Waals surface area contributed by atoms with Crippen LogP contribution in [-0.2, 0) is 23.9 Å². The van der Waals surface area contributed by atoms with Gasteiger partial charge in [-0.05, 0) is 19.8 Å². The van der Waals surface area contributed by atoms with Gasteiger partial charge in [0.2, 0.25) is 11.8 Å². The van der Waals surface area contributed by atoms with E-state index in [1.165, 1.54) is 19.3 Å². The second kappa shape index (κ2) is 20.4. The Morgan fingerprint density at radius 1 is 0.600 bits per heavy atom. The summed E-state index contributed by atoms with van der Waals surface area (Å²) in [5, 5.41) is 9.07. The van der Waals surface area contributed by atoms with Gasteiger partial charge in [0.1, 0.15) is 5.78 Å². The predicted molar refractivity (Wildman–Crippen MR) is 164 cm³/mol. The maximum absolute atomic E-state index is 12.2. The van der Waals surface area contributed by atoms with Crippen molar-refractivity contribution < 1.29 is 23.9 Å². The number of hydrogen-bond donors (Lipinski definition) is 3. The van der Waals surface area contributed by atoms with Crippen LogP contribution in [0.3, 0.4) is 0 Å². The lowest BCUT2D eigenvalue weighted by Gasteiger charge is -2.41. The van der Waals surface area contributed by atoms with Crippen molar-refractivity contribution in [3.63, 3.8) is 0 Å². The zero-order chi connectivity index (χ0) is 30.7. The lowest BCUT2D eigenvalue weighted by Crippen LogP contribution is -2.47. The van der Waals surface area contributed by atoms with E-state index in [2.05, 4.69) is 50.6 Å². The van der Waals surface area contributed by atoms with E-state index in [9.17, 15) is 14.4 Å². The third-order valence-corrected chi connectivity index (χ3v) is 7.26. The molecule has 0 fully saturated rings. The van der Waals surface area contributed by atoms with E-state index in [0.29, 0.717) is 63.9 Å². The largest absolute Gasteiger partial charge is 0.354 e. The summed E-state index contributed by atoms with van der Waals surface area (Å²) < 4.78 is 12.2. The van der Waals surface area contributed by atoms with Gasteiger partial charge in [0.25, 0.3) is 0 Å². The molecule has 0 saturated carbocycles. The van der Waals surface area contributed by atoms with Gasteiger partial charge in [0, 0.05) is 55.8 Å². The Labute approximate surface area is 245 Å². The first-order valence-corrected chi connectivity index (χ1v) is 15.7. The molecular formula is C32H63N3O5. The molecule has 0 spiro atoms. The molecular weight excluding hydrogens is 506 g/mol. The maximum Gasteiger partial charge on any atom is 0.221 e. The van der Waals surface area contributed by atoms with Gasteiger partial charge in [0.15, 0.2) is 5.79 Å². The monoisotopic (exact) mass is 569 g/mol. The highest BCUT2D eigenvalue weighted by atomic mass is 16.7. The van der Waals surface area contributed by atoms with Crippen molar-refractivity contribution >= 4 is 17.6 Å². The Bertz CT molecular complexity index is 712. The van der Waals surface area contributed by atoms with Gasteiger partial charge >= 0.3 is 0 Å². The van der Waals surface area contributed by atoms with Crippen LogP contribution in [0.1, 0.15) is 133 Å². The Kier molecular flexibility index (Phi) is 19.6. The number of rotatable bonds is 23. The van der Waals surface area contributed by atoms with E-state index in [0.717, 1.165) is 32.1 Å². The van der Waals surface area contributed by atoms with Crippen LogP contribution in [0.15, 0.2) is 0 Å². The first kappa shape index (κ1) is 38.5. The summed E-state index contributed by atoms with van der Waals surface area (Å²) in [6.45, 7) is 20.4. The number of ether oxygens (including phenoxy) is 2. The van der Waals surface area contributed by atoms with Gasteiger partial charge in [-0.3, -0.25) is 14.4 Å². The van der Waals surface area contributed by atoms with Crippen LogP contribution < -0.4 is 16.0 Å². The SMILES string of the molecule is CC(C)NCCC(=O)NCCOC(C)(OCCNC(=O)CCCCCCCCCCC(=O)C(C)(C)C)C(C)(C)C. The lowest BCUT2D eigenvalue weighted by molar-refractivity contribution is -0.276. The van der Waals surface area contributed by atoms with E-state index >= 15 is 0 Å². The number of amides is 2. The number of ketones is 1. The Balaban J connectivity index is 3.95. The zero-order valence-corrected chi connectivity index (χ0v) is 27.4. The number of hydrogen-bond acceptors (Lipinski definition) is 6. The van der Waals surface area contributed by atoms with Crippen molar-refractivity contribution in [1.82, 2.24) is 16.0 Å². The second-order valence-corrected chi connectivity index (χ2v) is 13.5. The quantitative estimate of drug-likeness (QED) is 0.104. The predicted octanol–water partition coefficient (Wildman–Crippen LogP) is 5.92. The highest BCUT2D eigenvalue weighted by molar-refractivity contribution is 5.83. The Morgan fingerprint density at radius 3 is 1.45 bits per heavy atom. The van der Waals surface area contributed by atoms with Crippen LogP contribution in [0, 0.1) is 10.8 Å². The van der Waals surface area contributed by atoms with Crippen LogP contribution in [0.5, 0.6) is 0 Å². The van der Waals surface area contributed by atoms with E-state index in [1.807, 2.05) is 27.7 Å². The van der Waals surface area contributed by atoms with Gasteiger partial charge in [-0.1, -0.05) is 93.9 Å². The fourth-order valence-corrected chi connectivity index (χ4v) is 4.01. The number of carbonyl (C=O) groups excluding carboxylic acids is 3. The molecule has 1 atom stereocenters. The third kappa shape index (κ3) is 19.5. The fraction of sp³-hybridized carbons (Fsp3) is 0.906. The van der Waals surface area contributed by atoms with Crippen LogP contribution in [0.4, 0.5) is 0 Å². The highest BCUT2D eigenvalue weighted by Crippen LogP contribution is 2.34. The van der Waals surface area contributed by atoms with Crippen molar-refractivity contribution in [2.45, 2.75) is 145 Å². The average molecular weight is 570 g/mol. The molecule has 0 aromatic heterocycles. The molecule has 40 heavy (non-hydrogen) atoms. The summed E-state index contributed by atoms with van der Waals surface area (Å²) in [7, 11) is 0. The second-order valence-electron chi connectivity index (χ2n) is 13.5. The fourth-order valence-electron chi connectivity index (χ4n) is 4.01. The summed E-state index contributed by atoms with van der Waals surface area (Å²) in [5.41, 5.74) is -0.501. The summed E-state index contributed by atoms with van der Waals surface area (Å²) in [4.78, 5) is 36.1. The highest BCUT2D eigenvalue weighted by Gasteiger charge is 2.39. The Hall–Kier alpha value is -1.51. The summed E-state index contributed by atoms with van der Waals surface area (Å²) >= 11 is 0. The molecule has 0 rings (SSSR count). The topological polar surface area (TPSA) is 106 Å². The molecule has 0 aliphatic rings. The number of Topliss-reactive ketones (excluding diaryl/α,β-unsaturated/α-hetero) is 1. The first-order chi connectivity index (χ1) is 18.6. The number of unbranched alkanes of at least 4 members (excludes halogenated alkanes) is 7. The molecule has 8 heteroatoms. The molecule has 0 aliphatic heterocycles. The van der Waals surface area contributed by atoms with E-state index in [1.54, 1.807) is 0 Å². The van der Waals surface area contributed by atoms with Gasteiger partial charge in [-0.2, -0.15) is 0 Å². The normalized spacial score (nSPS) is 13.8. The molecule has 0 bridgehead atoms. The molecule has 0 saturated heterocycles. The minimum absolute atomic E-state index is 0.00125. The summed E-state index contributed by atoms with van der Waals surface area (Å²) in [6.07, 6.45) is 10.5. The molecule has 3 N–H and O–H groups in total. The molecule has 1 unspecified atom stereocenters. The van der Waals surface area contributed by atoms with Gasteiger partial charge in [-0.15, -0.1) is 0 Å². The van der Waals surface area contributed by atoms with Crippen molar-refractivity contribution in [3.05, 3.63) is 0 Å². The molecule has 0 aliphatic carbocycles. The van der Waals surface area contributed by atoms with Crippen LogP contribution in [0.2, 0.25) is 0 Å². The zero-order valence-electron chi connectivity index (χ0n) is 27.4. The molecule has 236 valence electrons. The molecule has 0 aromatic carbocycles. The van der Waals surface area contributed by atoms with Crippen LogP contribution in [0.25, 0.3) is 0 Å². The van der Waals surface area contributed by atoms with Crippen LogP contribution in [-0.4, -0.2) is 62.3 Å². The van der Waals surface area contributed by atoms with Gasteiger partial charge in [-0.25, -0.2) is 0 Å². The molecule has 2 amide bonds. The third-order valence-electron chi connectivity index (χ3n) is 7.26. The summed E-state index contributed by atoms with van der Waals surface area (Å²) in [5.74, 6) is -0.431. The molecule has 0 radical (unpaired) electrons. The maximum atomic E-state index is 12.2. The van der Waals surface area contributed by atoms with Gasteiger partial charge in [0.05, 0.1) is 13.2 Å². The molecule has 0 aromatic rings. The minimum atomic E-state index is -0.843. The van der Waals surface area contributed by atoms with Crippen molar-refractivity contribution in [2.24, 2.45) is 10.8 Å². The summed E-state index contributed by atoms with van der Waals surface area (Å²) in [6, 6.07) is 0.361. The van der Waals surface area contributed by atoms with E-state index < -0.39 is 5.79 Å². The average Bonchev–Trinajstić information content (AvgIpc) is 2.84. The van der Waals surface area contributed by atoms with Gasteiger partial charge < -0.3 is 25.4 Å². The van der Waals surface area contributed by atoms with Crippen LogP contribution >= 0.6 is 0 Å². The standard InChI is InChI=1S/C32H63N3O5/c1-26(2)33-21-20-29(38)35-23-25-40-32(9,31(6,7)8)39-24-22-34-28(37)19-17-15-13-11-10-12-14-16-18-27(36)30(3,4)5/h26,33H,10-25H2,1-9H3,(H,34,37)(H,35,38). The van der Waals surface area contributed by atoms with E-state index in [4.69, 9.17) is 9.47 Å². The number of carbonyl (C=O) groups is 3. The Morgan fingerprint density at radius 2 is 1.02 bits per heavy atom. The van der Waals surface area contributed by atoms with Crippen molar-refractivity contribution in [2.75, 3.05) is 32.8 Å². The first-order valence-electron chi connectivity index (χ1n) is 15.7. The van der Waals surface area contributed by atoms with Crippen molar-refractivity contribution in [1.29, 1.82) is 0 Å². The lowest BCUT2D eigenvalue weighted by atomic mass is 9.86. The number of nitrogens with one attached hydrogen (secondary N) is 3.